The maximum atomic E-state index is 6.04. The van der Waals surface area contributed by atoms with Gasteiger partial charge in [-0.1, -0.05) is 12.8 Å². The Balaban J connectivity index is 1.67. The summed E-state index contributed by atoms with van der Waals surface area (Å²) in [6, 6.07) is 0.569. The summed E-state index contributed by atoms with van der Waals surface area (Å²) in [6.07, 6.45) is 7.46. The summed E-state index contributed by atoms with van der Waals surface area (Å²) in [7, 11) is 1.73. The van der Waals surface area contributed by atoms with Crippen LogP contribution in [0.5, 0.6) is 5.75 Å². The fourth-order valence-electron chi connectivity index (χ4n) is 4.58. The van der Waals surface area contributed by atoms with Crippen LogP contribution in [0.1, 0.15) is 50.1 Å². The molecule has 3 N–H and O–H groups in total. The van der Waals surface area contributed by atoms with Crippen molar-refractivity contribution in [3.8, 4) is 5.75 Å². The van der Waals surface area contributed by atoms with Crippen LogP contribution in [0.15, 0.2) is 0 Å². The molecule has 2 saturated heterocycles. The van der Waals surface area contributed by atoms with E-state index < -0.39 is 0 Å². The number of nitrogens with one attached hydrogen (secondary N) is 1. The lowest BCUT2D eigenvalue weighted by atomic mass is 9.94. The molecule has 126 valence electrons. The molecule has 3 heterocycles. The van der Waals surface area contributed by atoms with Gasteiger partial charge in [0.25, 0.3) is 0 Å². The fraction of sp³-hybridized carbons (Fsp3) is 0.765. The maximum absolute atomic E-state index is 6.04. The predicted octanol–water partition coefficient (Wildman–Crippen LogP) is 1.91. The first-order valence-corrected chi connectivity index (χ1v) is 8.96. The van der Waals surface area contributed by atoms with Crippen molar-refractivity contribution in [1.29, 1.82) is 0 Å². The molecule has 4 rings (SSSR count). The Hall–Kier alpha value is -1.56. The van der Waals surface area contributed by atoms with Crippen LogP contribution in [0.2, 0.25) is 0 Å². The minimum absolute atomic E-state index is 0.380. The predicted molar refractivity (Wildman–Crippen MR) is 90.9 cm³/mol. The summed E-state index contributed by atoms with van der Waals surface area (Å²) in [4.78, 5) is 11.5. The number of ether oxygens (including phenoxy) is 1. The first-order chi connectivity index (χ1) is 11.3. The summed E-state index contributed by atoms with van der Waals surface area (Å²) in [5.41, 5.74) is 7.07. The van der Waals surface area contributed by atoms with Gasteiger partial charge in [0.15, 0.2) is 11.6 Å². The Labute approximate surface area is 137 Å². The van der Waals surface area contributed by atoms with Crippen molar-refractivity contribution in [3.05, 3.63) is 5.69 Å². The second-order valence-corrected chi connectivity index (χ2v) is 7.17. The van der Waals surface area contributed by atoms with E-state index in [1.165, 1.54) is 38.5 Å². The quantitative estimate of drug-likeness (QED) is 0.887. The molecule has 6 heteroatoms. The van der Waals surface area contributed by atoms with Gasteiger partial charge in [-0.3, -0.25) is 0 Å². The van der Waals surface area contributed by atoms with Gasteiger partial charge in [-0.05, 0) is 38.1 Å². The highest BCUT2D eigenvalue weighted by atomic mass is 16.5. The summed E-state index contributed by atoms with van der Waals surface area (Å²) < 4.78 is 5.77. The Morgan fingerprint density at radius 2 is 1.96 bits per heavy atom. The van der Waals surface area contributed by atoms with Crippen LogP contribution in [0.25, 0.3) is 0 Å². The molecule has 3 aliphatic rings. The number of anilines is 2. The lowest BCUT2D eigenvalue weighted by molar-refractivity contribution is 0.340. The molecule has 0 bridgehead atoms. The van der Waals surface area contributed by atoms with E-state index in [1.54, 1.807) is 7.11 Å². The molecule has 3 fully saturated rings. The van der Waals surface area contributed by atoms with E-state index in [2.05, 4.69) is 20.2 Å². The third-order valence-electron chi connectivity index (χ3n) is 5.74. The zero-order chi connectivity index (χ0) is 15.8. The highest BCUT2D eigenvalue weighted by molar-refractivity contribution is 5.59. The molecule has 1 aromatic heterocycles. The number of rotatable bonds is 3. The Bertz CT molecular complexity index is 558. The molecule has 6 nitrogen and oxygen atoms in total. The first-order valence-electron chi connectivity index (χ1n) is 8.96. The lowest BCUT2D eigenvalue weighted by Crippen LogP contribution is -2.40. The molecular weight excluding hydrogens is 290 g/mol. The Morgan fingerprint density at radius 1 is 1.13 bits per heavy atom. The lowest BCUT2D eigenvalue weighted by Gasteiger charge is -2.24. The monoisotopic (exact) mass is 317 g/mol. The van der Waals surface area contributed by atoms with E-state index in [0.29, 0.717) is 23.8 Å². The van der Waals surface area contributed by atoms with Crippen LogP contribution in [-0.2, 0) is 0 Å². The van der Waals surface area contributed by atoms with Crippen LogP contribution in [0, 0.1) is 5.92 Å². The molecule has 23 heavy (non-hydrogen) atoms. The van der Waals surface area contributed by atoms with Gasteiger partial charge in [0.05, 0.1) is 12.8 Å². The average molecular weight is 317 g/mol. The van der Waals surface area contributed by atoms with E-state index in [9.17, 15) is 0 Å². The molecular formula is C17H27N5O. The second-order valence-electron chi connectivity index (χ2n) is 7.17. The van der Waals surface area contributed by atoms with Crippen molar-refractivity contribution < 1.29 is 4.74 Å². The normalized spacial score (nSPS) is 28.1. The van der Waals surface area contributed by atoms with Crippen molar-refractivity contribution >= 4 is 11.8 Å². The standard InChI is InChI=1S/C17H27N5O/c1-23-15-14(11-5-2-3-6-11)20-17(18)21-16(15)22-9-12-7-4-8-19-13(12)10-22/h11-13,19H,2-10H2,1H3,(H2,18,20,21)/t12-,13+/m1/s1. The van der Waals surface area contributed by atoms with Crippen molar-refractivity contribution in [2.75, 3.05) is 37.4 Å². The number of methoxy groups -OCH3 is 1. The van der Waals surface area contributed by atoms with Crippen molar-refractivity contribution in [3.63, 3.8) is 0 Å². The summed E-state index contributed by atoms with van der Waals surface area (Å²) >= 11 is 0. The molecule has 1 aromatic rings. The Morgan fingerprint density at radius 3 is 2.70 bits per heavy atom. The van der Waals surface area contributed by atoms with Crippen LogP contribution in [0.3, 0.4) is 0 Å². The van der Waals surface area contributed by atoms with Crippen molar-refractivity contribution in [2.24, 2.45) is 5.92 Å². The van der Waals surface area contributed by atoms with E-state index >= 15 is 0 Å². The van der Waals surface area contributed by atoms with E-state index in [1.807, 2.05) is 0 Å². The van der Waals surface area contributed by atoms with Gasteiger partial charge in [0.1, 0.15) is 0 Å². The number of hydrogen-bond acceptors (Lipinski definition) is 6. The summed E-state index contributed by atoms with van der Waals surface area (Å²) in [6.45, 7) is 3.15. The highest BCUT2D eigenvalue weighted by Gasteiger charge is 2.37. The molecule has 0 radical (unpaired) electrons. The van der Waals surface area contributed by atoms with Gasteiger partial charge >= 0.3 is 0 Å². The minimum atomic E-state index is 0.380. The maximum Gasteiger partial charge on any atom is 0.222 e. The SMILES string of the molecule is COc1c(C2CCCC2)nc(N)nc1N1C[C@H]2CCCN[C@H]2C1. The highest BCUT2D eigenvalue weighted by Crippen LogP contribution is 2.42. The first kappa shape index (κ1) is 15.0. The third-order valence-corrected chi connectivity index (χ3v) is 5.74. The van der Waals surface area contributed by atoms with Crippen LogP contribution >= 0.6 is 0 Å². The zero-order valence-electron chi connectivity index (χ0n) is 13.9. The average Bonchev–Trinajstić information content (AvgIpc) is 3.23. The van der Waals surface area contributed by atoms with Gasteiger partial charge in [-0.25, -0.2) is 4.98 Å². The second kappa shape index (κ2) is 6.15. The van der Waals surface area contributed by atoms with Gasteiger partial charge in [-0.2, -0.15) is 4.98 Å². The molecule has 1 saturated carbocycles. The molecule has 2 aliphatic heterocycles. The van der Waals surface area contributed by atoms with Crippen molar-refractivity contribution in [2.45, 2.75) is 50.5 Å². The smallest absolute Gasteiger partial charge is 0.222 e. The number of nitrogen functional groups attached to an aromatic ring is 1. The number of fused-ring (bicyclic) bond motifs is 1. The Kier molecular flexibility index (Phi) is 4.01. The fourth-order valence-corrected chi connectivity index (χ4v) is 4.58. The van der Waals surface area contributed by atoms with Gasteiger partial charge < -0.3 is 20.7 Å². The van der Waals surface area contributed by atoms with Gasteiger partial charge in [-0.15, -0.1) is 0 Å². The molecule has 0 spiro atoms. The van der Waals surface area contributed by atoms with Crippen LogP contribution in [0.4, 0.5) is 11.8 Å². The summed E-state index contributed by atoms with van der Waals surface area (Å²) in [5.74, 6) is 3.31. The number of nitrogens with zero attached hydrogens (tertiary/aromatic N) is 3. The number of aromatic nitrogens is 2. The van der Waals surface area contributed by atoms with E-state index in [4.69, 9.17) is 10.5 Å². The molecule has 1 aliphatic carbocycles. The number of hydrogen-bond donors (Lipinski definition) is 2. The minimum Gasteiger partial charge on any atom is -0.491 e. The topological polar surface area (TPSA) is 76.3 Å². The molecule has 0 unspecified atom stereocenters. The van der Waals surface area contributed by atoms with Gasteiger partial charge in [0.2, 0.25) is 5.95 Å². The van der Waals surface area contributed by atoms with E-state index in [-0.39, 0.29) is 0 Å². The summed E-state index contributed by atoms with van der Waals surface area (Å²) in [5, 5.41) is 3.65. The number of piperidine rings is 1. The van der Waals surface area contributed by atoms with E-state index in [0.717, 1.165) is 36.9 Å². The molecule has 2 atom stereocenters. The molecule has 0 amide bonds. The zero-order valence-corrected chi connectivity index (χ0v) is 13.9. The van der Waals surface area contributed by atoms with Gasteiger partial charge in [0, 0.05) is 25.0 Å². The molecule has 0 aromatic carbocycles. The van der Waals surface area contributed by atoms with Crippen molar-refractivity contribution in [1.82, 2.24) is 15.3 Å². The largest absolute Gasteiger partial charge is 0.491 e. The number of nitrogens with two attached hydrogens (primary N) is 1. The van der Waals surface area contributed by atoms with Crippen LogP contribution < -0.4 is 20.7 Å². The third kappa shape index (κ3) is 2.73. The van der Waals surface area contributed by atoms with Crippen LogP contribution in [-0.4, -0.2) is 42.8 Å².